The Labute approximate surface area is 133 Å². The maximum absolute atomic E-state index is 11.1. The van der Waals surface area contributed by atoms with Gasteiger partial charge in [-0.2, -0.15) is 0 Å². The fraction of sp³-hybridized carbons (Fsp3) is 0.111. The summed E-state index contributed by atoms with van der Waals surface area (Å²) in [5.74, 6) is -0.223. The van der Waals surface area contributed by atoms with Crippen LogP contribution in [0.2, 0.25) is 0 Å². The van der Waals surface area contributed by atoms with Crippen molar-refractivity contribution in [3.05, 3.63) is 82.8 Å². The fourth-order valence-electron chi connectivity index (χ4n) is 3.43. The number of fused-ring (bicyclic) bond motifs is 3. The van der Waals surface area contributed by atoms with E-state index >= 15 is 0 Å². The molecule has 1 atom stereocenters. The van der Waals surface area contributed by atoms with Gasteiger partial charge in [-0.1, -0.05) is 24.3 Å². The second-order valence-corrected chi connectivity index (χ2v) is 5.77. The molecule has 5 heteroatoms. The van der Waals surface area contributed by atoms with Crippen LogP contribution in [0.15, 0.2) is 72.6 Å². The van der Waals surface area contributed by atoms with Crippen molar-refractivity contribution in [1.82, 2.24) is 4.48 Å². The van der Waals surface area contributed by atoms with E-state index in [0.717, 1.165) is 22.5 Å². The fourth-order valence-corrected chi connectivity index (χ4v) is 3.43. The quantitative estimate of drug-likeness (QED) is 0.479. The van der Waals surface area contributed by atoms with Crippen LogP contribution in [0.1, 0.15) is 0 Å². The van der Waals surface area contributed by atoms with Gasteiger partial charge in [-0.15, -0.1) is 0 Å². The molecular formula is C18H15N2O3+. The second kappa shape index (κ2) is 4.79. The second-order valence-electron chi connectivity index (χ2n) is 5.77. The minimum Gasteiger partial charge on any atom is -0.382 e. The van der Waals surface area contributed by atoms with E-state index in [9.17, 15) is 10.1 Å². The largest absolute Gasteiger partial charge is 0.432 e. The van der Waals surface area contributed by atoms with Crippen LogP contribution in [0.5, 0.6) is 0 Å². The summed E-state index contributed by atoms with van der Waals surface area (Å²) in [6, 6.07) is 16.2. The first-order valence-corrected chi connectivity index (χ1v) is 7.37. The number of quaternary nitrogens is 1. The molecule has 2 aliphatic rings. The van der Waals surface area contributed by atoms with Crippen LogP contribution in [-0.4, -0.2) is 18.2 Å². The molecule has 114 valence electrons. The molecule has 2 aliphatic heterocycles. The predicted molar refractivity (Wildman–Crippen MR) is 88.3 cm³/mol. The Hall–Kier alpha value is -2.92. The summed E-state index contributed by atoms with van der Waals surface area (Å²) in [4.78, 5) is 10.6. The molecule has 0 N–H and O–H groups in total. The molecule has 0 fully saturated rings. The van der Waals surface area contributed by atoms with Gasteiger partial charge in [-0.05, 0) is 18.2 Å². The summed E-state index contributed by atoms with van der Waals surface area (Å²) in [5, 5.41) is 11.1. The van der Waals surface area contributed by atoms with Crippen molar-refractivity contribution in [3.63, 3.8) is 0 Å². The van der Waals surface area contributed by atoms with Crippen molar-refractivity contribution in [1.29, 1.82) is 0 Å². The lowest BCUT2D eigenvalue weighted by atomic mass is 10.1. The van der Waals surface area contributed by atoms with Gasteiger partial charge in [0.25, 0.3) is 6.23 Å². The Morgan fingerprint density at radius 1 is 1.04 bits per heavy atom. The number of hydrogen-bond acceptors (Lipinski definition) is 3. The number of nitrogens with zero attached hydrogens (tertiary/aromatic N) is 2. The molecule has 4 rings (SSSR count). The van der Waals surface area contributed by atoms with Crippen molar-refractivity contribution in [2.75, 3.05) is 7.05 Å². The van der Waals surface area contributed by atoms with Crippen molar-refractivity contribution < 1.29 is 9.66 Å². The lowest BCUT2D eigenvalue weighted by molar-refractivity contribution is -0.468. The van der Waals surface area contributed by atoms with E-state index in [0.29, 0.717) is 4.48 Å². The normalized spacial score (nSPS) is 20.2. The molecular weight excluding hydrogens is 292 g/mol. The van der Waals surface area contributed by atoms with Crippen LogP contribution >= 0.6 is 0 Å². The van der Waals surface area contributed by atoms with Gasteiger partial charge in [0.15, 0.2) is 0 Å². The SMILES string of the molecule is C[N+]1(C2C=CC=C([N+](=O)[O-])O2)c2ccccc2-c2ccccc21. The zero-order valence-electron chi connectivity index (χ0n) is 12.5. The topological polar surface area (TPSA) is 52.4 Å². The van der Waals surface area contributed by atoms with Crippen molar-refractivity contribution in [3.8, 4) is 11.1 Å². The van der Waals surface area contributed by atoms with E-state index in [-0.39, 0.29) is 5.88 Å². The summed E-state index contributed by atoms with van der Waals surface area (Å²) in [5.41, 5.74) is 4.43. The smallest absolute Gasteiger partial charge is 0.382 e. The third-order valence-electron chi connectivity index (χ3n) is 4.54. The molecule has 0 aliphatic carbocycles. The van der Waals surface area contributed by atoms with E-state index in [2.05, 4.69) is 24.3 Å². The van der Waals surface area contributed by atoms with E-state index in [4.69, 9.17) is 4.74 Å². The molecule has 0 aromatic heterocycles. The average Bonchev–Trinajstić information content (AvgIpc) is 2.86. The predicted octanol–water partition coefficient (Wildman–Crippen LogP) is 3.97. The Morgan fingerprint density at radius 2 is 1.61 bits per heavy atom. The summed E-state index contributed by atoms with van der Waals surface area (Å²) in [6.45, 7) is 0. The standard InChI is InChI=1S/C18H15N2O3/c1-20(18-12-6-11-17(23-18)19(21)22)15-9-4-2-7-13(15)14-8-3-5-10-16(14)20/h2-12,18H,1H3/q+1. The molecule has 23 heavy (non-hydrogen) atoms. The number of hydrogen-bond donors (Lipinski definition) is 0. The van der Waals surface area contributed by atoms with Crippen LogP contribution in [-0.2, 0) is 4.74 Å². The number of ether oxygens (including phenoxy) is 1. The van der Waals surface area contributed by atoms with Gasteiger partial charge in [0, 0.05) is 29.3 Å². The van der Waals surface area contributed by atoms with Gasteiger partial charge in [0.05, 0.1) is 13.1 Å². The number of allylic oxidation sites excluding steroid dienone is 2. The lowest BCUT2D eigenvalue weighted by Gasteiger charge is -2.36. The first-order valence-electron chi connectivity index (χ1n) is 7.37. The molecule has 2 aromatic rings. The van der Waals surface area contributed by atoms with Gasteiger partial charge in [0.1, 0.15) is 16.3 Å². The van der Waals surface area contributed by atoms with Gasteiger partial charge >= 0.3 is 5.88 Å². The summed E-state index contributed by atoms with van der Waals surface area (Å²) < 4.78 is 6.05. The molecule has 0 saturated carbocycles. The molecule has 0 saturated heterocycles. The highest BCUT2D eigenvalue weighted by atomic mass is 16.7. The number of likely N-dealkylation sites (N-methyl/N-ethyl adjacent to an activating group) is 1. The van der Waals surface area contributed by atoms with Gasteiger partial charge in [-0.25, -0.2) is 4.48 Å². The molecule has 0 bridgehead atoms. The third-order valence-corrected chi connectivity index (χ3v) is 4.54. The number of rotatable bonds is 2. The monoisotopic (exact) mass is 307 g/mol. The van der Waals surface area contributed by atoms with Crippen LogP contribution in [0.3, 0.4) is 0 Å². The van der Waals surface area contributed by atoms with Crippen LogP contribution in [0.25, 0.3) is 11.1 Å². The maximum atomic E-state index is 11.1. The first kappa shape index (κ1) is 13.7. The Kier molecular flexibility index (Phi) is 2.86. The van der Waals surface area contributed by atoms with Crippen molar-refractivity contribution >= 4 is 11.4 Å². The Bertz CT molecular complexity index is 825. The molecule has 0 spiro atoms. The summed E-state index contributed by atoms with van der Waals surface area (Å²) in [7, 11) is 2.03. The lowest BCUT2D eigenvalue weighted by Crippen LogP contribution is -2.49. The number of benzene rings is 2. The minimum atomic E-state index is -0.490. The van der Waals surface area contributed by atoms with Gasteiger partial charge in [-0.3, -0.25) is 10.1 Å². The summed E-state index contributed by atoms with van der Waals surface area (Å²) >= 11 is 0. The van der Waals surface area contributed by atoms with Crippen molar-refractivity contribution in [2.45, 2.75) is 6.23 Å². The number of nitro groups is 1. The van der Waals surface area contributed by atoms with Gasteiger partial charge in [0.2, 0.25) is 0 Å². The number of para-hydroxylation sites is 2. The zero-order valence-corrected chi connectivity index (χ0v) is 12.5. The summed E-state index contributed by atoms with van der Waals surface area (Å²) in [6.07, 6.45) is 4.46. The van der Waals surface area contributed by atoms with Crippen LogP contribution in [0, 0.1) is 10.1 Å². The van der Waals surface area contributed by atoms with Crippen LogP contribution in [0.4, 0.5) is 11.4 Å². The zero-order chi connectivity index (χ0) is 16.0. The van der Waals surface area contributed by atoms with Gasteiger partial charge < -0.3 is 4.74 Å². The molecule has 5 nitrogen and oxygen atoms in total. The highest BCUT2D eigenvalue weighted by molar-refractivity contribution is 5.94. The average molecular weight is 307 g/mol. The molecule has 1 unspecified atom stereocenters. The third kappa shape index (κ3) is 1.83. The molecule has 2 heterocycles. The van der Waals surface area contributed by atoms with E-state index in [1.165, 1.54) is 6.08 Å². The minimum absolute atomic E-state index is 0.223. The molecule has 0 amide bonds. The Balaban J connectivity index is 1.89. The van der Waals surface area contributed by atoms with E-state index < -0.39 is 11.2 Å². The van der Waals surface area contributed by atoms with E-state index in [1.807, 2.05) is 37.4 Å². The molecule has 2 aromatic carbocycles. The first-order chi connectivity index (χ1) is 11.1. The van der Waals surface area contributed by atoms with Crippen LogP contribution < -0.4 is 4.48 Å². The molecule has 0 radical (unpaired) electrons. The van der Waals surface area contributed by atoms with E-state index in [1.54, 1.807) is 6.08 Å². The maximum Gasteiger partial charge on any atom is 0.432 e. The highest BCUT2D eigenvalue weighted by Gasteiger charge is 2.48. The Morgan fingerprint density at radius 3 is 2.17 bits per heavy atom. The highest BCUT2D eigenvalue weighted by Crippen LogP contribution is 2.53. The van der Waals surface area contributed by atoms with Crippen molar-refractivity contribution in [2.24, 2.45) is 0 Å².